The van der Waals surface area contributed by atoms with Crippen molar-refractivity contribution in [2.45, 2.75) is 13.3 Å². The van der Waals surface area contributed by atoms with Gasteiger partial charge < -0.3 is 10.0 Å². The Hall–Kier alpha value is -2.70. The number of fused-ring (bicyclic) bond motifs is 1. The summed E-state index contributed by atoms with van der Waals surface area (Å²) in [5.41, 5.74) is 5.11. The van der Waals surface area contributed by atoms with E-state index in [0.717, 1.165) is 73.1 Å². The van der Waals surface area contributed by atoms with Crippen LogP contribution in [0.4, 0.5) is 5.82 Å². The SMILES string of the molecule is C=CCc1cc(N2CCN(CCO)CC2)n2nc(C)c(-c3ccccc3)c2n1. The molecular weight excluding hydrogens is 350 g/mol. The zero-order chi connectivity index (χ0) is 19.5. The van der Waals surface area contributed by atoms with Crippen LogP contribution in [-0.4, -0.2) is 63.9 Å². The Labute approximate surface area is 165 Å². The van der Waals surface area contributed by atoms with Crippen molar-refractivity contribution in [2.24, 2.45) is 0 Å². The van der Waals surface area contributed by atoms with Crippen molar-refractivity contribution in [3.8, 4) is 11.1 Å². The number of rotatable bonds is 6. The standard InChI is InChI=1S/C22H27N5O/c1-3-7-19-16-20(26-12-10-25(11-13-26)14-15-28)27-22(23-19)21(17(2)24-27)18-8-5-4-6-9-18/h3-6,8-9,16,28H,1,7,10-15H2,2H3. The molecule has 0 unspecified atom stereocenters. The van der Waals surface area contributed by atoms with E-state index in [4.69, 9.17) is 10.1 Å². The fourth-order valence-electron chi connectivity index (χ4n) is 3.92. The number of aliphatic hydroxyl groups is 1. The van der Waals surface area contributed by atoms with E-state index in [-0.39, 0.29) is 6.61 Å². The number of allylic oxidation sites excluding steroid dienone is 1. The lowest BCUT2D eigenvalue weighted by atomic mass is 10.1. The Bertz CT molecular complexity index is 958. The molecule has 0 saturated carbocycles. The van der Waals surface area contributed by atoms with Gasteiger partial charge in [0.15, 0.2) is 5.65 Å². The topological polar surface area (TPSA) is 56.9 Å². The van der Waals surface area contributed by atoms with E-state index in [1.54, 1.807) is 0 Å². The van der Waals surface area contributed by atoms with Gasteiger partial charge in [-0.2, -0.15) is 9.61 Å². The molecule has 3 heterocycles. The third-order valence-electron chi connectivity index (χ3n) is 5.33. The number of hydrogen-bond acceptors (Lipinski definition) is 5. The predicted octanol–water partition coefficient (Wildman–Crippen LogP) is 2.55. The highest BCUT2D eigenvalue weighted by molar-refractivity contribution is 5.81. The van der Waals surface area contributed by atoms with Crippen LogP contribution in [0.3, 0.4) is 0 Å². The van der Waals surface area contributed by atoms with Crippen molar-refractivity contribution in [2.75, 3.05) is 44.2 Å². The van der Waals surface area contributed by atoms with E-state index in [1.165, 1.54) is 0 Å². The first-order valence-electron chi connectivity index (χ1n) is 9.85. The zero-order valence-electron chi connectivity index (χ0n) is 16.4. The maximum absolute atomic E-state index is 9.19. The zero-order valence-corrected chi connectivity index (χ0v) is 16.4. The Morgan fingerprint density at radius 3 is 2.57 bits per heavy atom. The molecule has 0 bridgehead atoms. The van der Waals surface area contributed by atoms with Crippen molar-refractivity contribution in [1.82, 2.24) is 19.5 Å². The highest BCUT2D eigenvalue weighted by Crippen LogP contribution is 2.30. The maximum atomic E-state index is 9.19. The van der Waals surface area contributed by atoms with Crippen LogP contribution in [0.5, 0.6) is 0 Å². The third kappa shape index (κ3) is 3.53. The molecule has 0 radical (unpaired) electrons. The fraction of sp³-hybridized carbons (Fsp3) is 0.364. The third-order valence-corrected chi connectivity index (χ3v) is 5.33. The number of anilines is 1. The van der Waals surface area contributed by atoms with Gasteiger partial charge in [0.1, 0.15) is 5.82 Å². The van der Waals surface area contributed by atoms with Crippen molar-refractivity contribution < 1.29 is 5.11 Å². The highest BCUT2D eigenvalue weighted by atomic mass is 16.3. The fourth-order valence-corrected chi connectivity index (χ4v) is 3.92. The molecule has 28 heavy (non-hydrogen) atoms. The summed E-state index contributed by atoms with van der Waals surface area (Å²) in [6.07, 6.45) is 2.62. The molecule has 3 aromatic rings. The van der Waals surface area contributed by atoms with Crippen LogP contribution >= 0.6 is 0 Å². The molecule has 1 aliphatic rings. The maximum Gasteiger partial charge on any atom is 0.165 e. The Morgan fingerprint density at radius 1 is 1.14 bits per heavy atom. The molecule has 2 aromatic heterocycles. The summed E-state index contributed by atoms with van der Waals surface area (Å²) >= 11 is 0. The molecule has 6 nitrogen and oxygen atoms in total. The van der Waals surface area contributed by atoms with E-state index < -0.39 is 0 Å². The average molecular weight is 377 g/mol. The molecule has 1 N–H and O–H groups in total. The van der Waals surface area contributed by atoms with Gasteiger partial charge in [0, 0.05) is 50.8 Å². The first kappa shape index (κ1) is 18.7. The number of β-amino-alcohol motifs (C(OH)–C–C–N with tert-alkyl or cyclic N) is 1. The summed E-state index contributed by atoms with van der Waals surface area (Å²) in [5.74, 6) is 1.08. The van der Waals surface area contributed by atoms with Crippen molar-refractivity contribution in [1.29, 1.82) is 0 Å². The van der Waals surface area contributed by atoms with E-state index in [9.17, 15) is 5.11 Å². The molecular formula is C22H27N5O. The van der Waals surface area contributed by atoms with Gasteiger partial charge in [-0.15, -0.1) is 6.58 Å². The normalized spacial score (nSPS) is 15.3. The molecule has 0 amide bonds. The largest absolute Gasteiger partial charge is 0.395 e. The van der Waals surface area contributed by atoms with Crippen molar-refractivity contribution in [3.05, 3.63) is 60.4 Å². The molecule has 4 rings (SSSR count). The quantitative estimate of drug-likeness (QED) is 0.669. The van der Waals surface area contributed by atoms with E-state index >= 15 is 0 Å². The predicted molar refractivity (Wildman–Crippen MR) is 113 cm³/mol. The minimum Gasteiger partial charge on any atom is -0.395 e. The first-order chi connectivity index (χ1) is 13.7. The lowest BCUT2D eigenvalue weighted by Crippen LogP contribution is -2.47. The minimum absolute atomic E-state index is 0.210. The summed E-state index contributed by atoms with van der Waals surface area (Å²) in [6.45, 7) is 10.6. The smallest absolute Gasteiger partial charge is 0.165 e. The second-order valence-corrected chi connectivity index (χ2v) is 7.21. The van der Waals surface area contributed by atoms with E-state index in [2.05, 4.69) is 34.6 Å². The second kappa shape index (κ2) is 8.12. The second-order valence-electron chi connectivity index (χ2n) is 7.21. The number of aliphatic hydroxyl groups excluding tert-OH is 1. The Balaban J connectivity index is 1.79. The van der Waals surface area contributed by atoms with Gasteiger partial charge in [0.2, 0.25) is 0 Å². The Morgan fingerprint density at radius 2 is 1.89 bits per heavy atom. The minimum atomic E-state index is 0.210. The van der Waals surface area contributed by atoms with Gasteiger partial charge in [0.25, 0.3) is 0 Å². The number of nitrogens with zero attached hydrogens (tertiary/aromatic N) is 5. The molecule has 6 heteroatoms. The summed E-state index contributed by atoms with van der Waals surface area (Å²) in [4.78, 5) is 9.59. The first-order valence-corrected chi connectivity index (χ1v) is 9.85. The molecule has 0 atom stereocenters. The van der Waals surface area contributed by atoms with Gasteiger partial charge in [-0.3, -0.25) is 4.90 Å². The molecule has 1 fully saturated rings. The van der Waals surface area contributed by atoms with Crippen molar-refractivity contribution >= 4 is 11.5 Å². The van der Waals surface area contributed by atoms with Crippen LogP contribution in [-0.2, 0) is 6.42 Å². The average Bonchev–Trinajstić information content (AvgIpc) is 3.05. The Kier molecular flexibility index (Phi) is 5.41. The number of piperazine rings is 1. The molecule has 1 aromatic carbocycles. The van der Waals surface area contributed by atoms with Crippen LogP contribution < -0.4 is 4.90 Å². The molecule has 1 saturated heterocycles. The molecule has 0 aliphatic carbocycles. The number of aromatic nitrogens is 3. The van der Waals surface area contributed by atoms with Crippen molar-refractivity contribution in [3.63, 3.8) is 0 Å². The summed E-state index contributed by atoms with van der Waals surface area (Å²) in [6, 6.07) is 12.5. The van der Waals surface area contributed by atoms with Crippen LogP contribution in [0.25, 0.3) is 16.8 Å². The number of hydrogen-bond donors (Lipinski definition) is 1. The van der Waals surface area contributed by atoms with Gasteiger partial charge in [0.05, 0.1) is 18.0 Å². The lowest BCUT2D eigenvalue weighted by molar-refractivity contribution is 0.188. The van der Waals surface area contributed by atoms with Gasteiger partial charge in [-0.05, 0) is 12.5 Å². The summed E-state index contributed by atoms with van der Waals surface area (Å²) < 4.78 is 1.99. The molecule has 0 spiro atoms. The lowest BCUT2D eigenvalue weighted by Gasteiger charge is -2.35. The van der Waals surface area contributed by atoms with Crippen LogP contribution in [0.2, 0.25) is 0 Å². The van der Waals surface area contributed by atoms with E-state index in [1.807, 2.05) is 35.7 Å². The molecule has 146 valence electrons. The summed E-state index contributed by atoms with van der Waals surface area (Å²) in [5, 5.41) is 14.0. The summed E-state index contributed by atoms with van der Waals surface area (Å²) in [7, 11) is 0. The van der Waals surface area contributed by atoms with Gasteiger partial charge in [-0.1, -0.05) is 36.4 Å². The highest BCUT2D eigenvalue weighted by Gasteiger charge is 2.22. The van der Waals surface area contributed by atoms with Crippen LogP contribution in [0, 0.1) is 6.92 Å². The number of benzene rings is 1. The van der Waals surface area contributed by atoms with Gasteiger partial charge in [-0.25, -0.2) is 4.98 Å². The number of aryl methyl sites for hydroxylation is 1. The van der Waals surface area contributed by atoms with E-state index in [0.29, 0.717) is 0 Å². The molecule has 1 aliphatic heterocycles. The van der Waals surface area contributed by atoms with Crippen LogP contribution in [0.1, 0.15) is 11.4 Å². The van der Waals surface area contributed by atoms with Gasteiger partial charge >= 0.3 is 0 Å². The monoisotopic (exact) mass is 377 g/mol. The van der Waals surface area contributed by atoms with Crippen LogP contribution in [0.15, 0.2) is 49.1 Å².